The maximum Gasteiger partial charge on any atom is 0.319 e. The van der Waals surface area contributed by atoms with Crippen molar-refractivity contribution in [2.75, 3.05) is 0 Å². The highest BCUT2D eigenvalue weighted by atomic mass is 16.6. The van der Waals surface area contributed by atoms with Crippen molar-refractivity contribution in [1.29, 1.82) is 0 Å². The molecule has 2 unspecified atom stereocenters. The Bertz CT molecular complexity index is 176. The molecule has 0 aromatic heterocycles. The highest BCUT2D eigenvalue weighted by Crippen LogP contribution is 2.52. The van der Waals surface area contributed by atoms with Crippen LogP contribution in [-0.2, 0) is 14.3 Å². The molecule has 0 aliphatic heterocycles. The zero-order valence-corrected chi connectivity index (χ0v) is 6.09. The lowest BCUT2D eigenvalue weighted by atomic mass is 10.1. The molecule has 0 bridgehead atoms. The van der Waals surface area contributed by atoms with E-state index in [4.69, 9.17) is 0 Å². The molecule has 0 radical (unpaired) electrons. The molecular weight excluding hydrogens is 132 g/mol. The predicted molar refractivity (Wildman–Crippen MR) is 34.0 cm³/mol. The number of esters is 1. The molecule has 3 heteroatoms. The van der Waals surface area contributed by atoms with E-state index in [9.17, 15) is 9.59 Å². The fourth-order valence-corrected chi connectivity index (χ4v) is 1.04. The standard InChI is InChI=1S/C7H10O3/c1-5-3-7(5,2)6(9)10-4-8/h4-5H,3H2,1-2H3. The monoisotopic (exact) mass is 142 g/mol. The summed E-state index contributed by atoms with van der Waals surface area (Å²) in [6.07, 6.45) is 0.833. The second-order valence-electron chi connectivity index (χ2n) is 3.02. The van der Waals surface area contributed by atoms with Gasteiger partial charge < -0.3 is 4.74 Å². The fourth-order valence-electron chi connectivity index (χ4n) is 1.04. The number of hydrogen-bond acceptors (Lipinski definition) is 3. The normalized spacial score (nSPS) is 36.8. The molecule has 1 saturated carbocycles. The second-order valence-corrected chi connectivity index (χ2v) is 3.02. The topological polar surface area (TPSA) is 43.4 Å². The van der Waals surface area contributed by atoms with Gasteiger partial charge in [0, 0.05) is 0 Å². The van der Waals surface area contributed by atoms with E-state index in [1.54, 1.807) is 0 Å². The Morgan fingerprint density at radius 2 is 2.30 bits per heavy atom. The number of ether oxygens (including phenoxy) is 1. The second kappa shape index (κ2) is 2.08. The molecule has 1 aliphatic rings. The van der Waals surface area contributed by atoms with Gasteiger partial charge in [-0.1, -0.05) is 6.92 Å². The first-order chi connectivity index (χ1) is 4.61. The van der Waals surface area contributed by atoms with Gasteiger partial charge in [-0.05, 0) is 19.3 Å². The molecule has 0 saturated heterocycles. The minimum Gasteiger partial charge on any atom is -0.395 e. The highest BCUT2D eigenvalue weighted by Gasteiger charge is 2.54. The van der Waals surface area contributed by atoms with Gasteiger partial charge in [-0.2, -0.15) is 0 Å². The van der Waals surface area contributed by atoms with E-state index in [-0.39, 0.29) is 11.9 Å². The van der Waals surface area contributed by atoms with Crippen molar-refractivity contribution in [3.63, 3.8) is 0 Å². The van der Waals surface area contributed by atoms with E-state index in [0.717, 1.165) is 6.42 Å². The zero-order chi connectivity index (χ0) is 7.78. The van der Waals surface area contributed by atoms with E-state index in [1.807, 2.05) is 13.8 Å². The van der Waals surface area contributed by atoms with Crippen LogP contribution < -0.4 is 0 Å². The molecule has 1 fully saturated rings. The van der Waals surface area contributed by atoms with Crippen LogP contribution in [0.2, 0.25) is 0 Å². The highest BCUT2D eigenvalue weighted by molar-refractivity contribution is 5.84. The Hall–Kier alpha value is -0.860. The van der Waals surface area contributed by atoms with Gasteiger partial charge in [0.25, 0.3) is 0 Å². The number of rotatable bonds is 2. The van der Waals surface area contributed by atoms with Crippen molar-refractivity contribution in [3.8, 4) is 0 Å². The molecule has 0 N–H and O–H groups in total. The van der Waals surface area contributed by atoms with Gasteiger partial charge >= 0.3 is 12.4 Å². The summed E-state index contributed by atoms with van der Waals surface area (Å²) in [5.41, 5.74) is -0.374. The van der Waals surface area contributed by atoms with E-state index in [1.165, 1.54) is 0 Å². The summed E-state index contributed by atoms with van der Waals surface area (Å²) in [7, 11) is 0. The van der Waals surface area contributed by atoms with Crippen LogP contribution in [0.5, 0.6) is 0 Å². The maximum atomic E-state index is 10.9. The van der Waals surface area contributed by atoms with Crippen LogP contribution in [-0.4, -0.2) is 12.4 Å². The lowest BCUT2D eigenvalue weighted by Gasteiger charge is -2.03. The molecular formula is C7H10O3. The summed E-state index contributed by atoms with van der Waals surface area (Å²) < 4.78 is 4.22. The third-order valence-corrected chi connectivity index (χ3v) is 2.28. The third kappa shape index (κ3) is 0.916. The average Bonchev–Trinajstić information content (AvgIpc) is 2.43. The van der Waals surface area contributed by atoms with Crippen molar-refractivity contribution in [2.24, 2.45) is 11.3 Å². The molecule has 0 aromatic carbocycles. The van der Waals surface area contributed by atoms with Gasteiger partial charge in [-0.3, -0.25) is 9.59 Å². The van der Waals surface area contributed by atoms with Gasteiger partial charge in [-0.25, -0.2) is 0 Å². The van der Waals surface area contributed by atoms with E-state index in [2.05, 4.69) is 4.74 Å². The summed E-state index contributed by atoms with van der Waals surface area (Å²) in [4.78, 5) is 20.6. The molecule has 0 amide bonds. The number of carbonyl (C=O) groups excluding carboxylic acids is 2. The molecule has 10 heavy (non-hydrogen) atoms. The van der Waals surface area contributed by atoms with Crippen molar-refractivity contribution in [2.45, 2.75) is 20.3 Å². The molecule has 0 aromatic rings. The molecule has 56 valence electrons. The average molecular weight is 142 g/mol. The predicted octanol–water partition coefficient (Wildman–Crippen LogP) is 0.732. The van der Waals surface area contributed by atoms with Crippen molar-refractivity contribution < 1.29 is 14.3 Å². The van der Waals surface area contributed by atoms with Crippen LogP contribution in [0.25, 0.3) is 0 Å². The lowest BCUT2D eigenvalue weighted by Crippen LogP contribution is -2.16. The summed E-state index contributed by atoms with van der Waals surface area (Å²) >= 11 is 0. The van der Waals surface area contributed by atoms with Crippen molar-refractivity contribution in [1.82, 2.24) is 0 Å². The number of hydrogen-bond donors (Lipinski definition) is 0. The van der Waals surface area contributed by atoms with Crippen LogP contribution in [0.4, 0.5) is 0 Å². The van der Waals surface area contributed by atoms with Crippen LogP contribution in [0.1, 0.15) is 20.3 Å². The Kier molecular flexibility index (Phi) is 1.50. The maximum absolute atomic E-state index is 10.9. The van der Waals surface area contributed by atoms with Gasteiger partial charge in [0.2, 0.25) is 0 Å². The van der Waals surface area contributed by atoms with Gasteiger partial charge in [0.1, 0.15) is 0 Å². The fraction of sp³-hybridized carbons (Fsp3) is 0.714. The first kappa shape index (κ1) is 7.25. The summed E-state index contributed by atoms with van der Waals surface area (Å²) in [6, 6.07) is 0. The van der Waals surface area contributed by atoms with Crippen LogP contribution >= 0.6 is 0 Å². The van der Waals surface area contributed by atoms with Gasteiger partial charge in [0.05, 0.1) is 5.41 Å². The van der Waals surface area contributed by atoms with Crippen LogP contribution in [0.15, 0.2) is 0 Å². The molecule has 0 heterocycles. The smallest absolute Gasteiger partial charge is 0.319 e. The quantitative estimate of drug-likeness (QED) is 0.324. The first-order valence-corrected chi connectivity index (χ1v) is 3.26. The summed E-state index contributed by atoms with van der Waals surface area (Å²) in [5, 5.41) is 0. The summed E-state index contributed by atoms with van der Waals surface area (Å²) in [5.74, 6) is -0.0325. The summed E-state index contributed by atoms with van der Waals surface area (Å²) in [6.45, 7) is 3.97. The largest absolute Gasteiger partial charge is 0.395 e. The Morgan fingerprint density at radius 1 is 1.80 bits per heavy atom. The Morgan fingerprint density at radius 3 is 2.60 bits per heavy atom. The molecule has 1 rings (SSSR count). The minimum atomic E-state index is -0.394. The van der Waals surface area contributed by atoms with E-state index in [0.29, 0.717) is 5.92 Å². The Balaban J connectivity index is 2.50. The Labute approximate surface area is 59.4 Å². The molecule has 0 spiro atoms. The zero-order valence-electron chi connectivity index (χ0n) is 6.09. The first-order valence-electron chi connectivity index (χ1n) is 3.26. The third-order valence-electron chi connectivity index (χ3n) is 2.28. The SMILES string of the molecule is CC1CC1(C)C(=O)OC=O. The van der Waals surface area contributed by atoms with Gasteiger partial charge in [0.15, 0.2) is 0 Å². The van der Waals surface area contributed by atoms with E-state index < -0.39 is 5.97 Å². The molecule has 2 atom stereocenters. The number of carbonyl (C=O) groups is 2. The molecule has 1 aliphatic carbocycles. The van der Waals surface area contributed by atoms with Crippen LogP contribution in [0.3, 0.4) is 0 Å². The van der Waals surface area contributed by atoms with Crippen molar-refractivity contribution in [3.05, 3.63) is 0 Å². The van der Waals surface area contributed by atoms with Crippen molar-refractivity contribution >= 4 is 12.4 Å². The van der Waals surface area contributed by atoms with Crippen LogP contribution in [0, 0.1) is 11.3 Å². The molecule has 3 nitrogen and oxygen atoms in total. The van der Waals surface area contributed by atoms with E-state index >= 15 is 0 Å². The van der Waals surface area contributed by atoms with Gasteiger partial charge in [-0.15, -0.1) is 0 Å². The minimum absolute atomic E-state index is 0.193. The lowest BCUT2D eigenvalue weighted by molar-refractivity contribution is -0.156.